The lowest BCUT2D eigenvalue weighted by Gasteiger charge is -2.33. The number of ether oxygens (including phenoxy) is 2. The first-order valence-corrected chi connectivity index (χ1v) is 10.1. The van der Waals surface area contributed by atoms with Gasteiger partial charge >= 0.3 is 5.97 Å². The first-order chi connectivity index (χ1) is 12.7. The Morgan fingerprint density at radius 2 is 1.92 bits per heavy atom. The summed E-state index contributed by atoms with van der Waals surface area (Å²) in [5, 5.41) is 3.40. The van der Waals surface area contributed by atoms with Gasteiger partial charge in [0.05, 0.1) is 25.7 Å². The van der Waals surface area contributed by atoms with Crippen molar-refractivity contribution in [2.75, 3.05) is 59.6 Å². The van der Waals surface area contributed by atoms with E-state index in [9.17, 15) is 4.79 Å². The van der Waals surface area contributed by atoms with Crippen molar-refractivity contribution >= 4 is 11.9 Å². The smallest absolute Gasteiger partial charge is 0.309 e. The highest BCUT2D eigenvalue weighted by atomic mass is 16.5. The monoisotopic (exact) mass is 368 g/mol. The SMILES string of the molecule is CCNC(=NCCN(CCOC)C1CC1)N1CCC(C(=O)OCC)CC1. The number of nitrogens with one attached hydrogen (secondary N) is 1. The van der Waals surface area contributed by atoms with Gasteiger partial charge in [0.15, 0.2) is 5.96 Å². The first-order valence-electron chi connectivity index (χ1n) is 10.1. The second kappa shape index (κ2) is 11.4. The third kappa shape index (κ3) is 6.76. The molecule has 0 aromatic carbocycles. The van der Waals surface area contributed by atoms with Crippen LogP contribution >= 0.6 is 0 Å². The molecule has 1 N–H and O–H groups in total. The van der Waals surface area contributed by atoms with Crippen LogP contribution in [0.1, 0.15) is 39.5 Å². The maximum atomic E-state index is 11.9. The van der Waals surface area contributed by atoms with E-state index in [1.807, 2.05) is 6.92 Å². The molecule has 1 aliphatic heterocycles. The summed E-state index contributed by atoms with van der Waals surface area (Å²) in [5.41, 5.74) is 0. The van der Waals surface area contributed by atoms with Crippen LogP contribution in [0.4, 0.5) is 0 Å². The van der Waals surface area contributed by atoms with E-state index in [2.05, 4.69) is 22.0 Å². The number of guanidine groups is 1. The van der Waals surface area contributed by atoms with Gasteiger partial charge in [-0.3, -0.25) is 14.7 Å². The highest BCUT2D eigenvalue weighted by Crippen LogP contribution is 2.26. The summed E-state index contributed by atoms with van der Waals surface area (Å²) in [6.45, 7) is 10.5. The van der Waals surface area contributed by atoms with Crippen molar-refractivity contribution in [3.8, 4) is 0 Å². The average Bonchev–Trinajstić information content (AvgIpc) is 3.49. The number of carbonyl (C=O) groups excluding carboxylic acids is 1. The Bertz CT molecular complexity index is 446. The third-order valence-electron chi connectivity index (χ3n) is 5.04. The Labute approximate surface area is 158 Å². The molecule has 2 rings (SSSR count). The molecule has 0 radical (unpaired) electrons. The molecule has 0 aromatic heterocycles. The number of aliphatic imine (C=N–C) groups is 1. The summed E-state index contributed by atoms with van der Waals surface area (Å²) in [5.74, 6) is 0.957. The number of piperidine rings is 1. The molecular formula is C19H36N4O3. The standard InChI is InChI=1S/C19H36N4O3/c1-4-20-19(21-10-13-22(14-15-25-3)17-6-7-17)23-11-8-16(9-12-23)18(24)26-5-2/h16-17H,4-15H2,1-3H3,(H,20,21). The lowest BCUT2D eigenvalue weighted by molar-refractivity contribution is -0.149. The zero-order valence-corrected chi connectivity index (χ0v) is 16.7. The molecule has 0 spiro atoms. The summed E-state index contributed by atoms with van der Waals surface area (Å²) in [4.78, 5) is 21.5. The molecule has 0 amide bonds. The Hall–Kier alpha value is -1.34. The second-order valence-electron chi connectivity index (χ2n) is 7.01. The maximum Gasteiger partial charge on any atom is 0.309 e. The minimum Gasteiger partial charge on any atom is -0.466 e. The number of nitrogens with zero attached hydrogens (tertiary/aromatic N) is 3. The molecule has 2 aliphatic rings. The van der Waals surface area contributed by atoms with Gasteiger partial charge in [-0.1, -0.05) is 0 Å². The van der Waals surface area contributed by atoms with E-state index in [1.54, 1.807) is 7.11 Å². The number of carbonyl (C=O) groups is 1. The summed E-state index contributed by atoms with van der Waals surface area (Å²) in [6.07, 6.45) is 4.28. The van der Waals surface area contributed by atoms with Crippen LogP contribution in [-0.2, 0) is 14.3 Å². The topological polar surface area (TPSA) is 66.4 Å². The molecule has 2 fully saturated rings. The van der Waals surface area contributed by atoms with E-state index in [-0.39, 0.29) is 11.9 Å². The molecule has 150 valence electrons. The van der Waals surface area contributed by atoms with Crippen molar-refractivity contribution in [3.63, 3.8) is 0 Å². The Morgan fingerprint density at radius 3 is 2.50 bits per heavy atom. The van der Waals surface area contributed by atoms with Crippen LogP contribution in [0.3, 0.4) is 0 Å². The van der Waals surface area contributed by atoms with Crippen molar-refractivity contribution in [1.82, 2.24) is 15.1 Å². The zero-order chi connectivity index (χ0) is 18.8. The molecule has 0 bridgehead atoms. The highest BCUT2D eigenvalue weighted by Gasteiger charge is 2.29. The predicted octanol–water partition coefficient (Wildman–Crippen LogP) is 1.34. The van der Waals surface area contributed by atoms with Gasteiger partial charge in [-0.25, -0.2) is 0 Å². The lowest BCUT2D eigenvalue weighted by atomic mass is 9.97. The molecular weight excluding hydrogens is 332 g/mol. The number of hydrogen-bond acceptors (Lipinski definition) is 5. The fraction of sp³-hybridized carbons (Fsp3) is 0.895. The number of hydrogen-bond donors (Lipinski definition) is 1. The van der Waals surface area contributed by atoms with Crippen LogP contribution in [0.5, 0.6) is 0 Å². The van der Waals surface area contributed by atoms with Crippen molar-refractivity contribution in [2.45, 2.75) is 45.6 Å². The van der Waals surface area contributed by atoms with Crippen molar-refractivity contribution < 1.29 is 14.3 Å². The second-order valence-corrected chi connectivity index (χ2v) is 7.01. The molecule has 0 aromatic rings. The third-order valence-corrected chi connectivity index (χ3v) is 5.04. The van der Waals surface area contributed by atoms with E-state index in [0.29, 0.717) is 6.61 Å². The van der Waals surface area contributed by atoms with Gasteiger partial charge in [-0.05, 0) is 39.5 Å². The van der Waals surface area contributed by atoms with Crippen LogP contribution in [0.2, 0.25) is 0 Å². The first kappa shape index (κ1) is 21.0. The van der Waals surface area contributed by atoms with Gasteiger partial charge in [0, 0.05) is 45.9 Å². The molecule has 7 nitrogen and oxygen atoms in total. The lowest BCUT2D eigenvalue weighted by Crippen LogP contribution is -2.47. The highest BCUT2D eigenvalue weighted by molar-refractivity contribution is 5.80. The van der Waals surface area contributed by atoms with Gasteiger partial charge in [-0.15, -0.1) is 0 Å². The Balaban J connectivity index is 1.81. The van der Waals surface area contributed by atoms with Crippen LogP contribution in [-0.4, -0.2) is 87.4 Å². The molecule has 0 atom stereocenters. The van der Waals surface area contributed by atoms with Gasteiger partial charge in [-0.2, -0.15) is 0 Å². The largest absolute Gasteiger partial charge is 0.466 e. The van der Waals surface area contributed by atoms with E-state index in [0.717, 1.165) is 70.7 Å². The normalized spacial score (nSPS) is 19.1. The molecule has 1 saturated heterocycles. The molecule has 0 unspecified atom stereocenters. The van der Waals surface area contributed by atoms with Crippen LogP contribution in [0.15, 0.2) is 4.99 Å². The molecule has 7 heteroatoms. The fourth-order valence-electron chi connectivity index (χ4n) is 3.42. The van der Waals surface area contributed by atoms with Crippen LogP contribution in [0, 0.1) is 5.92 Å². The molecule has 1 aliphatic carbocycles. The molecule has 1 saturated carbocycles. The number of methoxy groups -OCH3 is 1. The summed E-state index contributed by atoms with van der Waals surface area (Å²) in [7, 11) is 1.76. The minimum absolute atomic E-state index is 0.0356. The Kier molecular flexibility index (Phi) is 9.18. The summed E-state index contributed by atoms with van der Waals surface area (Å²) >= 11 is 0. The van der Waals surface area contributed by atoms with Gasteiger partial charge in [0.25, 0.3) is 0 Å². The molecule has 26 heavy (non-hydrogen) atoms. The van der Waals surface area contributed by atoms with E-state index in [1.165, 1.54) is 12.8 Å². The van der Waals surface area contributed by atoms with Gasteiger partial charge in [0.2, 0.25) is 0 Å². The van der Waals surface area contributed by atoms with Crippen molar-refractivity contribution in [1.29, 1.82) is 0 Å². The Morgan fingerprint density at radius 1 is 1.19 bits per heavy atom. The zero-order valence-electron chi connectivity index (χ0n) is 16.7. The van der Waals surface area contributed by atoms with E-state index >= 15 is 0 Å². The average molecular weight is 369 g/mol. The fourth-order valence-corrected chi connectivity index (χ4v) is 3.42. The quantitative estimate of drug-likeness (QED) is 0.357. The van der Waals surface area contributed by atoms with Crippen LogP contribution < -0.4 is 5.32 Å². The predicted molar refractivity (Wildman–Crippen MR) is 103 cm³/mol. The minimum atomic E-state index is -0.0488. The van der Waals surface area contributed by atoms with Crippen molar-refractivity contribution in [2.24, 2.45) is 10.9 Å². The number of likely N-dealkylation sites (tertiary alicyclic amines) is 1. The maximum absolute atomic E-state index is 11.9. The van der Waals surface area contributed by atoms with Crippen molar-refractivity contribution in [3.05, 3.63) is 0 Å². The van der Waals surface area contributed by atoms with Gasteiger partial charge < -0.3 is 19.7 Å². The number of rotatable bonds is 10. The van der Waals surface area contributed by atoms with Crippen LogP contribution in [0.25, 0.3) is 0 Å². The molecule has 1 heterocycles. The van der Waals surface area contributed by atoms with Gasteiger partial charge in [0.1, 0.15) is 0 Å². The number of esters is 1. The van der Waals surface area contributed by atoms with E-state index in [4.69, 9.17) is 14.5 Å². The van der Waals surface area contributed by atoms with E-state index < -0.39 is 0 Å². The summed E-state index contributed by atoms with van der Waals surface area (Å²) in [6, 6.07) is 0.725. The summed E-state index contributed by atoms with van der Waals surface area (Å²) < 4.78 is 10.4.